The highest BCUT2D eigenvalue weighted by atomic mass is 19.4. The number of nitrogens with one attached hydrogen (secondary N) is 2. The van der Waals surface area contributed by atoms with E-state index in [9.17, 15) is 17.6 Å². The molecule has 0 atom stereocenters. The zero-order valence-electron chi connectivity index (χ0n) is 14.7. The van der Waals surface area contributed by atoms with Gasteiger partial charge in [-0.05, 0) is 43.7 Å². The van der Waals surface area contributed by atoms with Crippen molar-refractivity contribution in [1.29, 1.82) is 5.41 Å². The van der Waals surface area contributed by atoms with Crippen molar-refractivity contribution in [2.24, 2.45) is 4.99 Å². The molecule has 2 rings (SSSR count). The number of fused-ring (bicyclic) bond motifs is 1. The van der Waals surface area contributed by atoms with Crippen LogP contribution in [0.5, 0.6) is 0 Å². The Hall–Kier alpha value is -3.23. The van der Waals surface area contributed by atoms with E-state index in [1.807, 2.05) is 0 Å². The number of amidine groups is 1. The second-order valence-corrected chi connectivity index (χ2v) is 5.70. The number of anilines is 1. The van der Waals surface area contributed by atoms with Gasteiger partial charge in [0.2, 0.25) is 5.97 Å². The molecule has 0 unspecified atom stereocenters. The minimum absolute atomic E-state index is 0.0664. The summed E-state index contributed by atoms with van der Waals surface area (Å²) in [6, 6.07) is 5.00. The van der Waals surface area contributed by atoms with Crippen LogP contribution in [0.1, 0.15) is 13.8 Å². The maximum absolute atomic E-state index is 13.0. The number of hydrogen-bond acceptors (Lipinski definition) is 3. The van der Waals surface area contributed by atoms with E-state index in [4.69, 9.17) is 5.41 Å². The van der Waals surface area contributed by atoms with Crippen molar-refractivity contribution in [3.8, 4) is 0 Å². The Bertz CT molecular complexity index is 966. The Morgan fingerprint density at radius 2 is 1.96 bits per heavy atom. The maximum Gasteiger partial charge on any atom is 0.432 e. The van der Waals surface area contributed by atoms with E-state index >= 15 is 0 Å². The molecule has 1 heterocycles. The lowest BCUT2D eigenvalue weighted by molar-refractivity contribution is -0.0919. The number of benzene rings is 1. The van der Waals surface area contributed by atoms with Crippen LogP contribution in [0.15, 0.2) is 65.6 Å². The van der Waals surface area contributed by atoms with Crippen LogP contribution < -0.4 is 4.90 Å². The van der Waals surface area contributed by atoms with Gasteiger partial charge in [0.15, 0.2) is 0 Å². The lowest BCUT2D eigenvalue weighted by atomic mass is 10.1. The maximum atomic E-state index is 13.0. The predicted octanol–water partition coefficient (Wildman–Crippen LogP) is 5.27. The Morgan fingerprint density at radius 3 is 2.56 bits per heavy atom. The van der Waals surface area contributed by atoms with Gasteiger partial charge in [-0.1, -0.05) is 13.2 Å². The molecule has 1 aromatic heterocycles. The molecule has 9 heteroatoms. The van der Waals surface area contributed by atoms with Crippen LogP contribution in [0.4, 0.5) is 23.2 Å². The van der Waals surface area contributed by atoms with E-state index in [0.29, 0.717) is 11.1 Å². The normalized spacial score (nSPS) is 13.0. The summed E-state index contributed by atoms with van der Waals surface area (Å²) in [6.45, 7) is 9.61. The average Bonchev–Trinajstić information content (AvgIpc) is 3.01. The van der Waals surface area contributed by atoms with Gasteiger partial charge in [0.1, 0.15) is 11.5 Å². The standard InChI is InChI=1S/C18H17F4N5/c1-10(7-17(19)23)11(2)27(13(4)25-12(3)18(20,21)22)15-5-6-16-14(8-15)9-24-26-16/h5-9,23H,2-3H2,1,4H3,(H,24,26)/b10-7+,23-17?,25-13+. The topological polar surface area (TPSA) is 68.1 Å². The third-order valence-electron chi connectivity index (χ3n) is 3.70. The highest BCUT2D eigenvalue weighted by Crippen LogP contribution is 2.29. The molecule has 0 spiro atoms. The lowest BCUT2D eigenvalue weighted by Gasteiger charge is -2.27. The van der Waals surface area contributed by atoms with Gasteiger partial charge < -0.3 is 0 Å². The first-order valence-corrected chi connectivity index (χ1v) is 7.67. The van der Waals surface area contributed by atoms with Gasteiger partial charge in [-0.15, -0.1) is 0 Å². The van der Waals surface area contributed by atoms with Gasteiger partial charge in [0.25, 0.3) is 0 Å². The van der Waals surface area contributed by atoms with Crippen molar-refractivity contribution in [2.75, 3.05) is 4.90 Å². The van der Waals surface area contributed by atoms with Crippen LogP contribution in [-0.2, 0) is 0 Å². The Balaban J connectivity index is 2.57. The fraction of sp³-hybridized carbons (Fsp3) is 0.167. The molecule has 0 bridgehead atoms. The minimum atomic E-state index is -4.69. The third kappa shape index (κ3) is 4.69. The summed E-state index contributed by atoms with van der Waals surface area (Å²) in [5.74, 6) is -1.27. The van der Waals surface area contributed by atoms with Crippen LogP contribution in [0.25, 0.3) is 10.9 Å². The van der Waals surface area contributed by atoms with Crippen molar-refractivity contribution in [3.63, 3.8) is 0 Å². The molecule has 2 N–H and O–H groups in total. The zero-order chi connectivity index (χ0) is 20.4. The highest BCUT2D eigenvalue weighted by molar-refractivity contribution is 6.02. The fourth-order valence-corrected chi connectivity index (χ4v) is 2.37. The largest absolute Gasteiger partial charge is 0.432 e. The number of hydrogen-bond donors (Lipinski definition) is 2. The van der Waals surface area contributed by atoms with Crippen LogP contribution in [0.3, 0.4) is 0 Å². The quantitative estimate of drug-likeness (QED) is 0.322. The van der Waals surface area contributed by atoms with E-state index in [1.54, 1.807) is 24.4 Å². The van der Waals surface area contributed by atoms with Crippen molar-refractivity contribution < 1.29 is 17.6 Å². The van der Waals surface area contributed by atoms with Crippen molar-refractivity contribution in [1.82, 2.24) is 10.2 Å². The summed E-state index contributed by atoms with van der Waals surface area (Å²) in [6.07, 6.45) is -2.22. The SMILES string of the molecule is C=C(/C(C)=C/C(=N)F)N(/C(C)=N/C(=C)C(F)(F)F)c1ccc2[nH]ncc2c1. The Kier molecular flexibility index (Phi) is 5.63. The van der Waals surface area contributed by atoms with Crippen LogP contribution in [0, 0.1) is 5.41 Å². The summed E-state index contributed by atoms with van der Waals surface area (Å²) in [5.41, 5.74) is 0.320. The number of halogens is 4. The number of aromatic nitrogens is 2. The first kappa shape index (κ1) is 20.1. The molecule has 0 saturated heterocycles. The second-order valence-electron chi connectivity index (χ2n) is 5.70. The zero-order valence-corrected chi connectivity index (χ0v) is 14.7. The average molecular weight is 379 g/mol. The molecule has 0 saturated carbocycles. The van der Waals surface area contributed by atoms with Gasteiger partial charge in [-0.3, -0.25) is 15.4 Å². The van der Waals surface area contributed by atoms with E-state index in [1.165, 1.54) is 18.7 Å². The summed E-state index contributed by atoms with van der Waals surface area (Å²) in [7, 11) is 0. The van der Waals surface area contributed by atoms with Crippen LogP contribution in [0.2, 0.25) is 0 Å². The smallest absolute Gasteiger partial charge is 0.299 e. The molecule has 0 aliphatic carbocycles. The molecular formula is C18H17F4N5. The van der Waals surface area contributed by atoms with Gasteiger partial charge in [0.05, 0.1) is 11.7 Å². The van der Waals surface area contributed by atoms with E-state index in [2.05, 4.69) is 28.3 Å². The molecule has 0 fully saturated rings. The highest BCUT2D eigenvalue weighted by Gasteiger charge is 2.32. The summed E-state index contributed by atoms with van der Waals surface area (Å²) in [5, 5.41) is 14.3. The summed E-state index contributed by atoms with van der Waals surface area (Å²) < 4.78 is 51.4. The first-order chi connectivity index (χ1) is 12.5. The summed E-state index contributed by atoms with van der Waals surface area (Å²) >= 11 is 0. The van der Waals surface area contributed by atoms with E-state index in [-0.39, 0.29) is 17.1 Å². The van der Waals surface area contributed by atoms with Crippen LogP contribution in [-0.4, -0.2) is 28.2 Å². The molecule has 27 heavy (non-hydrogen) atoms. The molecule has 0 radical (unpaired) electrons. The predicted molar refractivity (Wildman–Crippen MR) is 98.6 cm³/mol. The van der Waals surface area contributed by atoms with Crippen molar-refractivity contribution in [3.05, 3.63) is 60.6 Å². The molecule has 2 aromatic rings. The number of nitrogens with zero attached hydrogens (tertiary/aromatic N) is 3. The summed E-state index contributed by atoms with van der Waals surface area (Å²) in [4.78, 5) is 4.87. The third-order valence-corrected chi connectivity index (χ3v) is 3.70. The Labute approximate surface area is 152 Å². The molecular weight excluding hydrogens is 362 g/mol. The fourth-order valence-electron chi connectivity index (χ4n) is 2.37. The van der Waals surface area contributed by atoms with E-state index in [0.717, 1.165) is 11.6 Å². The van der Waals surface area contributed by atoms with Gasteiger partial charge in [-0.2, -0.15) is 22.7 Å². The molecule has 142 valence electrons. The number of allylic oxidation sites excluding steroid dienone is 3. The van der Waals surface area contributed by atoms with E-state index < -0.39 is 17.8 Å². The Morgan fingerprint density at radius 1 is 1.30 bits per heavy atom. The molecule has 0 amide bonds. The lowest BCUT2D eigenvalue weighted by Crippen LogP contribution is -2.29. The first-order valence-electron chi connectivity index (χ1n) is 7.67. The number of alkyl halides is 3. The number of aromatic amines is 1. The molecule has 0 aliphatic heterocycles. The number of H-pyrrole nitrogens is 1. The molecule has 0 aliphatic rings. The van der Waals surface area contributed by atoms with Crippen molar-refractivity contribution >= 4 is 28.4 Å². The molecule has 1 aromatic carbocycles. The number of aliphatic imine (C=N–C) groups is 1. The number of rotatable bonds is 5. The monoisotopic (exact) mass is 379 g/mol. The van der Waals surface area contributed by atoms with Gasteiger partial charge >= 0.3 is 6.18 Å². The van der Waals surface area contributed by atoms with Crippen LogP contribution >= 0.6 is 0 Å². The minimum Gasteiger partial charge on any atom is -0.299 e. The molecule has 5 nitrogen and oxygen atoms in total. The van der Waals surface area contributed by atoms with Gasteiger partial charge in [0, 0.05) is 16.8 Å². The second kappa shape index (κ2) is 7.56. The van der Waals surface area contributed by atoms with Gasteiger partial charge in [-0.25, -0.2) is 4.99 Å². The van der Waals surface area contributed by atoms with Crippen molar-refractivity contribution in [2.45, 2.75) is 20.0 Å².